The van der Waals surface area contributed by atoms with Gasteiger partial charge in [0.1, 0.15) is 5.82 Å². The van der Waals surface area contributed by atoms with Crippen molar-refractivity contribution in [3.05, 3.63) is 30.1 Å². The van der Waals surface area contributed by atoms with Gasteiger partial charge in [-0.15, -0.1) is 0 Å². The van der Waals surface area contributed by atoms with Crippen LogP contribution in [0.2, 0.25) is 0 Å². The van der Waals surface area contributed by atoms with Crippen molar-refractivity contribution < 1.29 is 4.79 Å². The monoisotopic (exact) mass is 286 g/mol. The molecule has 1 aliphatic rings. The van der Waals surface area contributed by atoms with Crippen molar-refractivity contribution in [1.29, 1.82) is 0 Å². The summed E-state index contributed by atoms with van der Waals surface area (Å²) in [7, 11) is 0. The first-order valence-corrected chi connectivity index (χ1v) is 7.53. The molecule has 3 rings (SSSR count). The molecule has 0 spiro atoms. The van der Waals surface area contributed by atoms with Gasteiger partial charge in [-0.05, 0) is 44.2 Å². The minimum atomic E-state index is -0.829. The van der Waals surface area contributed by atoms with Crippen LogP contribution in [-0.2, 0) is 11.3 Å². The van der Waals surface area contributed by atoms with Crippen LogP contribution >= 0.6 is 0 Å². The third-order valence-corrected chi connectivity index (χ3v) is 4.88. The molecule has 5 nitrogen and oxygen atoms in total. The van der Waals surface area contributed by atoms with E-state index in [-0.39, 0.29) is 11.8 Å². The molecule has 2 unspecified atom stereocenters. The predicted molar refractivity (Wildman–Crippen MR) is 82.5 cm³/mol. The number of fused-ring (bicyclic) bond motifs is 1. The number of para-hydroxylation sites is 2. The fourth-order valence-electron chi connectivity index (χ4n) is 3.59. The van der Waals surface area contributed by atoms with Gasteiger partial charge < -0.3 is 16.0 Å². The highest BCUT2D eigenvalue weighted by Crippen LogP contribution is 2.36. The Hall–Kier alpha value is -1.88. The van der Waals surface area contributed by atoms with E-state index in [0.29, 0.717) is 6.42 Å². The number of hydrogen-bond donors (Lipinski definition) is 2. The van der Waals surface area contributed by atoms with Crippen molar-refractivity contribution >= 4 is 16.9 Å². The van der Waals surface area contributed by atoms with Gasteiger partial charge in [-0.2, -0.15) is 0 Å². The van der Waals surface area contributed by atoms with Crippen molar-refractivity contribution in [3.63, 3.8) is 0 Å². The Kier molecular flexibility index (Phi) is 3.45. The van der Waals surface area contributed by atoms with E-state index in [0.717, 1.165) is 42.7 Å². The van der Waals surface area contributed by atoms with E-state index in [9.17, 15) is 4.79 Å². The number of amides is 1. The Bertz CT molecular complexity index is 678. The molecule has 5 heteroatoms. The minimum Gasteiger partial charge on any atom is -0.368 e. The zero-order valence-corrected chi connectivity index (χ0v) is 12.4. The van der Waals surface area contributed by atoms with Gasteiger partial charge in [0.2, 0.25) is 5.91 Å². The Labute approximate surface area is 124 Å². The number of benzene rings is 1. The summed E-state index contributed by atoms with van der Waals surface area (Å²) in [5.74, 6) is 0.795. The first kappa shape index (κ1) is 14.1. The number of hydrogen-bond acceptors (Lipinski definition) is 3. The average Bonchev–Trinajstić information content (AvgIpc) is 2.97. The number of rotatable bonds is 4. The van der Waals surface area contributed by atoms with Crippen LogP contribution in [-0.4, -0.2) is 21.0 Å². The molecular formula is C16H22N4O. The van der Waals surface area contributed by atoms with Crippen molar-refractivity contribution in [2.45, 2.75) is 44.7 Å². The Morgan fingerprint density at radius 3 is 3.00 bits per heavy atom. The molecule has 0 bridgehead atoms. The van der Waals surface area contributed by atoms with Crippen molar-refractivity contribution in [1.82, 2.24) is 9.55 Å². The molecule has 21 heavy (non-hydrogen) atoms. The molecule has 2 aromatic rings. The molecule has 1 heterocycles. The van der Waals surface area contributed by atoms with Crippen LogP contribution in [0.25, 0.3) is 11.0 Å². The number of aromatic nitrogens is 2. The zero-order chi connectivity index (χ0) is 15.0. The van der Waals surface area contributed by atoms with Gasteiger partial charge in [-0.25, -0.2) is 4.98 Å². The molecule has 1 saturated carbocycles. The quantitative estimate of drug-likeness (QED) is 0.897. The molecule has 1 aromatic heterocycles. The summed E-state index contributed by atoms with van der Waals surface area (Å²) in [5, 5.41) is 0. The van der Waals surface area contributed by atoms with Crippen molar-refractivity contribution in [3.8, 4) is 0 Å². The molecule has 112 valence electrons. The maximum absolute atomic E-state index is 11.7. The molecular weight excluding hydrogens is 264 g/mol. The normalized spacial score (nSPS) is 25.5. The highest BCUT2D eigenvalue weighted by Gasteiger charge is 2.43. The highest BCUT2D eigenvalue weighted by molar-refractivity contribution is 5.85. The van der Waals surface area contributed by atoms with E-state index in [1.165, 1.54) is 0 Å². The summed E-state index contributed by atoms with van der Waals surface area (Å²) in [4.78, 5) is 16.2. The lowest BCUT2D eigenvalue weighted by Gasteiger charge is -2.28. The number of nitrogens with two attached hydrogens (primary N) is 2. The number of nitrogens with zero attached hydrogens (tertiary/aromatic N) is 2. The first-order chi connectivity index (χ1) is 10.0. The molecule has 0 radical (unpaired) electrons. The molecule has 1 aliphatic carbocycles. The maximum atomic E-state index is 11.7. The van der Waals surface area contributed by atoms with Gasteiger partial charge in [0.05, 0.1) is 16.6 Å². The van der Waals surface area contributed by atoms with Gasteiger partial charge >= 0.3 is 0 Å². The van der Waals surface area contributed by atoms with Crippen LogP contribution in [0.3, 0.4) is 0 Å². The molecule has 4 N–H and O–H groups in total. The number of aryl methyl sites for hydroxylation is 2. The SMILES string of the molecule is Cc1nc2ccccc2n1CCC1CCCC1(N)C(N)=O. The van der Waals surface area contributed by atoms with Crippen LogP contribution in [0.4, 0.5) is 0 Å². The van der Waals surface area contributed by atoms with Crippen LogP contribution in [0.15, 0.2) is 24.3 Å². The zero-order valence-electron chi connectivity index (χ0n) is 12.4. The Balaban J connectivity index is 1.81. The predicted octanol–water partition coefficient (Wildman–Crippen LogP) is 1.72. The van der Waals surface area contributed by atoms with Crippen molar-refractivity contribution in [2.24, 2.45) is 17.4 Å². The van der Waals surface area contributed by atoms with Gasteiger partial charge in [-0.3, -0.25) is 4.79 Å². The van der Waals surface area contributed by atoms with E-state index in [1.54, 1.807) is 0 Å². The highest BCUT2D eigenvalue weighted by atomic mass is 16.1. The lowest BCUT2D eigenvalue weighted by atomic mass is 9.85. The topological polar surface area (TPSA) is 86.9 Å². The molecule has 0 aliphatic heterocycles. The molecule has 1 aromatic carbocycles. The summed E-state index contributed by atoms with van der Waals surface area (Å²) in [5.41, 5.74) is 13.1. The van der Waals surface area contributed by atoms with Crippen LogP contribution in [0.5, 0.6) is 0 Å². The summed E-state index contributed by atoms with van der Waals surface area (Å²) in [6, 6.07) is 8.11. The average molecular weight is 286 g/mol. The van der Waals surface area contributed by atoms with Gasteiger partial charge in [-0.1, -0.05) is 18.6 Å². The second-order valence-corrected chi connectivity index (χ2v) is 6.08. The van der Waals surface area contributed by atoms with E-state index < -0.39 is 5.54 Å². The fraction of sp³-hybridized carbons (Fsp3) is 0.500. The Morgan fingerprint density at radius 2 is 2.24 bits per heavy atom. The largest absolute Gasteiger partial charge is 0.368 e. The molecule has 1 fully saturated rings. The van der Waals surface area contributed by atoms with Gasteiger partial charge in [0, 0.05) is 6.54 Å². The standard InChI is InChI=1S/C16H22N4O/c1-11-19-13-6-2-3-7-14(13)20(11)10-8-12-5-4-9-16(12,18)15(17)21/h2-3,6-7,12H,4-5,8-10,18H2,1H3,(H2,17,21). The third kappa shape index (κ3) is 2.31. The molecule has 1 amide bonds. The summed E-state index contributed by atoms with van der Waals surface area (Å²) in [6.07, 6.45) is 3.52. The van der Waals surface area contributed by atoms with Crippen molar-refractivity contribution in [2.75, 3.05) is 0 Å². The second-order valence-electron chi connectivity index (χ2n) is 6.08. The summed E-state index contributed by atoms with van der Waals surface area (Å²) < 4.78 is 2.20. The number of carbonyl (C=O) groups excluding carboxylic acids is 1. The lowest BCUT2D eigenvalue weighted by Crippen LogP contribution is -2.54. The van der Waals surface area contributed by atoms with Crippen LogP contribution in [0, 0.1) is 12.8 Å². The van der Waals surface area contributed by atoms with Gasteiger partial charge in [0.15, 0.2) is 0 Å². The molecule has 0 saturated heterocycles. The Morgan fingerprint density at radius 1 is 1.48 bits per heavy atom. The van der Waals surface area contributed by atoms with Gasteiger partial charge in [0.25, 0.3) is 0 Å². The van der Waals surface area contributed by atoms with E-state index in [4.69, 9.17) is 11.5 Å². The number of imidazole rings is 1. The van der Waals surface area contributed by atoms with E-state index >= 15 is 0 Å². The lowest BCUT2D eigenvalue weighted by molar-refractivity contribution is -0.124. The van der Waals surface area contributed by atoms with E-state index in [2.05, 4.69) is 15.6 Å². The fourth-order valence-corrected chi connectivity index (χ4v) is 3.59. The minimum absolute atomic E-state index is 0.163. The number of primary amides is 1. The molecule has 2 atom stereocenters. The van der Waals surface area contributed by atoms with Crippen LogP contribution in [0.1, 0.15) is 31.5 Å². The maximum Gasteiger partial charge on any atom is 0.237 e. The smallest absolute Gasteiger partial charge is 0.237 e. The van der Waals surface area contributed by atoms with E-state index in [1.807, 2.05) is 25.1 Å². The number of carbonyl (C=O) groups is 1. The third-order valence-electron chi connectivity index (χ3n) is 4.88. The first-order valence-electron chi connectivity index (χ1n) is 7.53. The summed E-state index contributed by atoms with van der Waals surface area (Å²) >= 11 is 0. The second kappa shape index (κ2) is 5.15. The van der Waals surface area contributed by atoms with Crippen LogP contribution < -0.4 is 11.5 Å². The summed E-state index contributed by atoms with van der Waals surface area (Å²) in [6.45, 7) is 2.83.